The third-order valence-electron chi connectivity index (χ3n) is 5.39. The van der Waals surface area contributed by atoms with Gasteiger partial charge in [0.25, 0.3) is 11.5 Å². The maximum absolute atomic E-state index is 12.6. The molecular formula is C23H23N3O4. The number of aromatic nitrogens is 2. The fourth-order valence-corrected chi connectivity index (χ4v) is 3.84. The number of nitrogens with one attached hydrogen (secondary N) is 1. The lowest BCUT2D eigenvalue weighted by Gasteiger charge is -2.27. The van der Waals surface area contributed by atoms with Gasteiger partial charge in [-0.25, -0.2) is 4.98 Å². The van der Waals surface area contributed by atoms with E-state index in [9.17, 15) is 14.4 Å². The highest BCUT2D eigenvalue weighted by Gasteiger charge is 2.25. The molecule has 1 aliphatic rings. The number of benzene rings is 2. The van der Waals surface area contributed by atoms with E-state index >= 15 is 0 Å². The molecule has 1 aromatic heterocycles. The van der Waals surface area contributed by atoms with Crippen LogP contribution in [0.4, 0.5) is 0 Å². The van der Waals surface area contributed by atoms with Crippen LogP contribution < -0.4 is 10.9 Å². The topological polar surface area (TPSA) is 90.3 Å². The molecule has 4 rings (SSSR count). The van der Waals surface area contributed by atoms with Crippen LogP contribution in [0.15, 0.2) is 59.7 Å². The number of carbonyl (C=O) groups is 2. The van der Waals surface area contributed by atoms with Crippen molar-refractivity contribution in [1.82, 2.24) is 14.9 Å². The van der Waals surface area contributed by atoms with Gasteiger partial charge in [0.05, 0.1) is 23.3 Å². The summed E-state index contributed by atoms with van der Waals surface area (Å²) in [5, 5.41) is 3.41. The minimum atomic E-state index is -0.962. The number of fused-ring (bicyclic) bond motifs is 2. The highest BCUT2D eigenvalue weighted by Crippen LogP contribution is 2.29. The van der Waals surface area contributed by atoms with Gasteiger partial charge in [-0.15, -0.1) is 0 Å². The first-order valence-corrected chi connectivity index (χ1v) is 10.0. The highest BCUT2D eigenvalue weighted by atomic mass is 16.5. The monoisotopic (exact) mass is 405 g/mol. The van der Waals surface area contributed by atoms with E-state index in [4.69, 9.17) is 4.74 Å². The molecule has 1 N–H and O–H groups in total. The molecule has 3 aromatic rings. The average Bonchev–Trinajstić information content (AvgIpc) is 2.76. The molecule has 0 saturated carbocycles. The molecule has 154 valence electrons. The van der Waals surface area contributed by atoms with Gasteiger partial charge in [-0.1, -0.05) is 36.4 Å². The largest absolute Gasteiger partial charge is 0.451 e. The third kappa shape index (κ3) is 4.10. The van der Waals surface area contributed by atoms with E-state index in [-0.39, 0.29) is 24.1 Å². The van der Waals surface area contributed by atoms with E-state index in [2.05, 4.69) is 16.4 Å². The van der Waals surface area contributed by atoms with Crippen LogP contribution in [0.1, 0.15) is 36.9 Å². The molecule has 1 aliphatic carbocycles. The van der Waals surface area contributed by atoms with Crippen molar-refractivity contribution in [1.29, 1.82) is 0 Å². The Morgan fingerprint density at radius 1 is 1.20 bits per heavy atom. The molecule has 1 heterocycles. The van der Waals surface area contributed by atoms with Crippen LogP contribution in [0.5, 0.6) is 0 Å². The van der Waals surface area contributed by atoms with E-state index in [1.165, 1.54) is 23.4 Å². The number of ether oxygens (including phenoxy) is 1. The Morgan fingerprint density at radius 2 is 1.97 bits per heavy atom. The van der Waals surface area contributed by atoms with Gasteiger partial charge >= 0.3 is 5.97 Å². The average molecular weight is 405 g/mol. The molecular weight excluding hydrogens is 382 g/mol. The molecule has 0 radical (unpaired) electrons. The molecule has 7 nitrogen and oxygen atoms in total. The number of aryl methyl sites for hydroxylation is 1. The fraction of sp³-hybridized carbons (Fsp3) is 0.304. The Balaban J connectivity index is 1.39. The molecule has 2 aromatic carbocycles. The van der Waals surface area contributed by atoms with Gasteiger partial charge in [-0.05, 0) is 49.4 Å². The molecule has 1 amide bonds. The summed E-state index contributed by atoms with van der Waals surface area (Å²) in [6, 6.07) is 14.9. The number of amides is 1. The fourth-order valence-electron chi connectivity index (χ4n) is 3.84. The summed E-state index contributed by atoms with van der Waals surface area (Å²) in [5.41, 5.74) is 2.59. The van der Waals surface area contributed by atoms with E-state index in [0.717, 1.165) is 24.8 Å². The summed E-state index contributed by atoms with van der Waals surface area (Å²) in [6.45, 7) is 1.23. The second kappa shape index (κ2) is 8.49. The van der Waals surface area contributed by atoms with Crippen molar-refractivity contribution in [3.05, 3.63) is 76.3 Å². The molecule has 7 heteroatoms. The van der Waals surface area contributed by atoms with Gasteiger partial charge in [0.15, 0.2) is 6.10 Å². The van der Waals surface area contributed by atoms with Crippen LogP contribution in [0.25, 0.3) is 10.9 Å². The van der Waals surface area contributed by atoms with Crippen molar-refractivity contribution in [2.45, 2.75) is 44.9 Å². The summed E-state index contributed by atoms with van der Waals surface area (Å²) < 4.78 is 6.46. The molecule has 0 unspecified atom stereocenters. The predicted molar refractivity (Wildman–Crippen MR) is 112 cm³/mol. The van der Waals surface area contributed by atoms with Crippen molar-refractivity contribution in [2.75, 3.05) is 0 Å². The minimum absolute atomic E-state index is 0.0871. The van der Waals surface area contributed by atoms with Crippen molar-refractivity contribution in [2.24, 2.45) is 0 Å². The minimum Gasteiger partial charge on any atom is -0.451 e. The van der Waals surface area contributed by atoms with Crippen molar-refractivity contribution < 1.29 is 14.3 Å². The van der Waals surface area contributed by atoms with E-state index in [0.29, 0.717) is 10.9 Å². The van der Waals surface area contributed by atoms with Gasteiger partial charge in [0.2, 0.25) is 0 Å². The van der Waals surface area contributed by atoms with Crippen LogP contribution in [-0.2, 0) is 27.3 Å². The third-order valence-corrected chi connectivity index (χ3v) is 5.39. The smallest absolute Gasteiger partial charge is 0.326 e. The van der Waals surface area contributed by atoms with Crippen LogP contribution >= 0.6 is 0 Å². The Morgan fingerprint density at radius 3 is 2.83 bits per heavy atom. The Hall–Kier alpha value is -3.48. The zero-order chi connectivity index (χ0) is 21.1. The number of carbonyl (C=O) groups excluding carboxylic acids is 2. The van der Waals surface area contributed by atoms with Gasteiger partial charge in [-0.3, -0.25) is 19.0 Å². The van der Waals surface area contributed by atoms with E-state index in [1.807, 2.05) is 18.2 Å². The first-order chi connectivity index (χ1) is 14.5. The van der Waals surface area contributed by atoms with Gasteiger partial charge in [-0.2, -0.15) is 0 Å². The van der Waals surface area contributed by atoms with Crippen molar-refractivity contribution in [3.63, 3.8) is 0 Å². The number of hydrogen-bond donors (Lipinski definition) is 1. The predicted octanol–water partition coefficient (Wildman–Crippen LogP) is 2.52. The summed E-state index contributed by atoms with van der Waals surface area (Å²) >= 11 is 0. The van der Waals surface area contributed by atoms with Gasteiger partial charge in [0.1, 0.15) is 6.54 Å². The number of rotatable bonds is 5. The first kappa shape index (κ1) is 19.8. The van der Waals surface area contributed by atoms with Crippen LogP contribution in [-0.4, -0.2) is 27.5 Å². The number of esters is 1. The number of para-hydroxylation sites is 1. The number of hydrogen-bond acceptors (Lipinski definition) is 5. The van der Waals surface area contributed by atoms with Crippen molar-refractivity contribution in [3.8, 4) is 0 Å². The zero-order valence-corrected chi connectivity index (χ0v) is 16.7. The molecule has 0 saturated heterocycles. The van der Waals surface area contributed by atoms with Gasteiger partial charge < -0.3 is 10.1 Å². The Labute approximate surface area is 173 Å². The first-order valence-electron chi connectivity index (χ1n) is 10.0. The lowest BCUT2D eigenvalue weighted by Crippen LogP contribution is -2.40. The molecule has 2 atom stereocenters. The standard InChI is InChI=1S/C23H23N3O4/c1-15(22(28)25-20-12-6-8-16-7-2-3-9-17(16)20)30-21(27)13-26-14-24-19-11-5-4-10-18(19)23(26)29/h2-5,7,9-11,14-15,20H,6,8,12-13H2,1H3,(H,25,28)/t15-,20-/m0/s1. The number of nitrogens with zero attached hydrogens (tertiary/aromatic N) is 2. The maximum Gasteiger partial charge on any atom is 0.326 e. The SMILES string of the molecule is C[C@H](OC(=O)Cn1cnc2ccccc2c1=O)C(=O)N[C@H]1CCCc2ccccc21. The molecule has 30 heavy (non-hydrogen) atoms. The maximum atomic E-state index is 12.6. The second-order valence-corrected chi connectivity index (χ2v) is 7.48. The Kier molecular flexibility index (Phi) is 5.61. The summed E-state index contributed by atoms with van der Waals surface area (Å²) in [5.74, 6) is -1.02. The Bertz CT molecular complexity index is 1150. The molecule has 0 fully saturated rings. The van der Waals surface area contributed by atoms with Crippen LogP contribution in [0, 0.1) is 0 Å². The summed E-state index contributed by atoms with van der Waals surface area (Å²) in [4.78, 5) is 41.6. The summed E-state index contributed by atoms with van der Waals surface area (Å²) in [6.07, 6.45) is 3.20. The summed E-state index contributed by atoms with van der Waals surface area (Å²) in [7, 11) is 0. The van der Waals surface area contributed by atoms with Crippen LogP contribution in [0.3, 0.4) is 0 Å². The lowest BCUT2D eigenvalue weighted by molar-refractivity contribution is -0.155. The highest BCUT2D eigenvalue weighted by molar-refractivity contribution is 5.84. The van der Waals surface area contributed by atoms with E-state index < -0.39 is 12.1 Å². The molecule has 0 bridgehead atoms. The zero-order valence-electron chi connectivity index (χ0n) is 16.7. The molecule has 0 spiro atoms. The second-order valence-electron chi connectivity index (χ2n) is 7.48. The molecule has 0 aliphatic heterocycles. The van der Waals surface area contributed by atoms with E-state index in [1.54, 1.807) is 24.3 Å². The normalized spacial score (nSPS) is 16.5. The lowest BCUT2D eigenvalue weighted by atomic mass is 9.87. The van der Waals surface area contributed by atoms with Gasteiger partial charge in [0, 0.05) is 0 Å². The quantitative estimate of drug-likeness (QED) is 0.659. The van der Waals surface area contributed by atoms with Crippen molar-refractivity contribution >= 4 is 22.8 Å². The van der Waals surface area contributed by atoms with Crippen LogP contribution in [0.2, 0.25) is 0 Å².